The number of amides is 1. The summed E-state index contributed by atoms with van der Waals surface area (Å²) in [6, 6.07) is 22.5. The number of methoxy groups -OCH3 is 1. The number of nitrogens with zero attached hydrogens (tertiary/aromatic N) is 3. The minimum absolute atomic E-state index is 0.237. The van der Waals surface area contributed by atoms with Crippen LogP contribution in [-0.4, -0.2) is 27.4 Å². The lowest BCUT2D eigenvalue weighted by atomic mass is 10.1. The maximum Gasteiger partial charge on any atom is 0.282 e. The zero-order chi connectivity index (χ0) is 25.1. The van der Waals surface area contributed by atoms with Gasteiger partial charge >= 0.3 is 0 Å². The van der Waals surface area contributed by atoms with Crippen molar-refractivity contribution < 1.29 is 13.9 Å². The number of aromatic nitrogens is 3. The summed E-state index contributed by atoms with van der Waals surface area (Å²) in [5, 5.41) is 7.42. The summed E-state index contributed by atoms with van der Waals surface area (Å²) in [4.78, 5) is 26.7. The molecule has 0 fully saturated rings. The number of halogens is 1. The van der Waals surface area contributed by atoms with Gasteiger partial charge in [0, 0.05) is 31.0 Å². The molecule has 2 aliphatic heterocycles. The molecule has 0 saturated heterocycles. The van der Waals surface area contributed by atoms with Gasteiger partial charge in [-0.05, 0) is 35.9 Å². The first-order chi connectivity index (χ1) is 17.5. The van der Waals surface area contributed by atoms with Crippen molar-refractivity contribution in [1.29, 1.82) is 0 Å². The van der Waals surface area contributed by atoms with Gasteiger partial charge in [-0.2, -0.15) is 9.78 Å². The van der Waals surface area contributed by atoms with Crippen LogP contribution in [0.3, 0.4) is 0 Å². The Labute approximate surface area is 206 Å². The Bertz CT molecular complexity index is 1540. The van der Waals surface area contributed by atoms with Crippen molar-refractivity contribution in [2.24, 2.45) is 0 Å². The minimum Gasteiger partial charge on any atom is -0.496 e. The number of carbonyl (C=O) groups is 1. The summed E-state index contributed by atoms with van der Waals surface area (Å²) in [5.74, 6) is -0.0451. The second-order valence-corrected chi connectivity index (χ2v) is 8.28. The molecule has 5 rings (SSSR count). The van der Waals surface area contributed by atoms with Crippen LogP contribution in [0.5, 0.6) is 5.75 Å². The molecule has 36 heavy (non-hydrogen) atoms. The molecular formula is C28H23FN4O3. The lowest BCUT2D eigenvalue weighted by molar-refractivity contribution is 0.0950. The molecule has 0 spiro atoms. The number of nitrogens with one attached hydrogen (secondary N) is 1. The Kier molecular flexibility index (Phi) is 6.32. The topological polar surface area (TPSA) is 78.1 Å². The van der Waals surface area contributed by atoms with Gasteiger partial charge in [-0.3, -0.25) is 9.59 Å². The molecule has 8 heteroatoms. The first kappa shape index (κ1) is 23.0. The minimum atomic E-state index is -0.378. The molecule has 0 radical (unpaired) electrons. The summed E-state index contributed by atoms with van der Waals surface area (Å²) < 4.78 is 21.8. The molecular weight excluding hydrogens is 459 g/mol. The van der Waals surface area contributed by atoms with E-state index in [1.54, 1.807) is 48.3 Å². The van der Waals surface area contributed by atoms with Crippen molar-refractivity contribution in [3.63, 3.8) is 0 Å². The van der Waals surface area contributed by atoms with Crippen molar-refractivity contribution in [3.8, 4) is 22.7 Å². The summed E-state index contributed by atoms with van der Waals surface area (Å²) in [7, 11) is 1.58. The monoisotopic (exact) mass is 482 g/mol. The number of hydrogen-bond donors (Lipinski definition) is 1. The highest BCUT2D eigenvalue weighted by atomic mass is 19.1. The van der Waals surface area contributed by atoms with Crippen molar-refractivity contribution in [2.75, 3.05) is 7.11 Å². The number of ether oxygens (including phenoxy) is 1. The summed E-state index contributed by atoms with van der Waals surface area (Å²) in [6.07, 6.45) is 3.33. The van der Waals surface area contributed by atoms with E-state index in [9.17, 15) is 14.0 Å². The van der Waals surface area contributed by atoms with Crippen LogP contribution in [-0.2, 0) is 13.1 Å². The number of para-hydroxylation sites is 2. The van der Waals surface area contributed by atoms with Crippen LogP contribution < -0.4 is 15.6 Å². The quantitative estimate of drug-likeness (QED) is 0.376. The zero-order valence-electron chi connectivity index (χ0n) is 19.5. The largest absolute Gasteiger partial charge is 0.496 e. The molecule has 2 heterocycles. The standard InChI is InChI=1S/C28H23FN4O3/c1-36-25-10-6-5-7-20(25)15-30-27(34)23-17-32(16-19-11-13-21(29)14-12-19)18-24-26(23)31-33(28(24)35)22-8-3-2-4-9-22/h2-14,17-18H,15-16H2,1H3,(H,30,34). The predicted octanol–water partition coefficient (Wildman–Crippen LogP) is 4.26. The average molecular weight is 483 g/mol. The Morgan fingerprint density at radius 2 is 1.69 bits per heavy atom. The van der Waals surface area contributed by atoms with Gasteiger partial charge in [-0.25, -0.2) is 4.39 Å². The third kappa shape index (κ3) is 4.61. The number of benzene rings is 3. The smallest absolute Gasteiger partial charge is 0.282 e. The molecule has 0 saturated carbocycles. The second-order valence-electron chi connectivity index (χ2n) is 8.28. The Balaban J connectivity index is 1.55. The molecule has 0 bridgehead atoms. The van der Waals surface area contributed by atoms with Crippen LogP contribution in [0.1, 0.15) is 21.5 Å². The van der Waals surface area contributed by atoms with Crippen LogP contribution in [0.4, 0.5) is 4.39 Å². The lowest BCUT2D eigenvalue weighted by Crippen LogP contribution is -2.25. The highest BCUT2D eigenvalue weighted by molar-refractivity contribution is 5.99. The van der Waals surface area contributed by atoms with Crippen molar-refractivity contribution in [2.45, 2.75) is 13.1 Å². The van der Waals surface area contributed by atoms with Gasteiger partial charge in [-0.15, -0.1) is 0 Å². The van der Waals surface area contributed by atoms with E-state index >= 15 is 0 Å². The fourth-order valence-electron chi connectivity index (χ4n) is 4.08. The van der Waals surface area contributed by atoms with Crippen LogP contribution in [0.15, 0.2) is 96.1 Å². The van der Waals surface area contributed by atoms with E-state index in [1.165, 1.54) is 16.8 Å². The van der Waals surface area contributed by atoms with Crippen LogP contribution in [0.25, 0.3) is 16.9 Å². The Hall–Kier alpha value is -4.72. The predicted molar refractivity (Wildman–Crippen MR) is 134 cm³/mol. The summed E-state index contributed by atoms with van der Waals surface area (Å²) in [5.41, 5.74) is 2.79. The van der Waals surface area contributed by atoms with Crippen LogP contribution >= 0.6 is 0 Å². The van der Waals surface area contributed by atoms with Crippen molar-refractivity contribution >= 4 is 5.91 Å². The molecule has 0 unspecified atom stereocenters. The van der Waals surface area contributed by atoms with Crippen molar-refractivity contribution in [1.82, 2.24) is 19.7 Å². The van der Waals surface area contributed by atoms with Gasteiger partial charge in [0.2, 0.25) is 0 Å². The number of pyridine rings is 1. The zero-order valence-corrected chi connectivity index (χ0v) is 19.5. The molecule has 2 aliphatic rings. The lowest BCUT2D eigenvalue weighted by Gasteiger charge is -2.14. The molecule has 180 valence electrons. The van der Waals surface area contributed by atoms with Gasteiger partial charge in [0.05, 0.1) is 23.9 Å². The maximum atomic E-state index is 13.4. The number of hydrogen-bond acceptors (Lipinski definition) is 4. The van der Waals surface area contributed by atoms with E-state index in [0.717, 1.165) is 11.1 Å². The van der Waals surface area contributed by atoms with Crippen molar-refractivity contribution in [3.05, 3.63) is 124 Å². The number of rotatable bonds is 7. The van der Waals surface area contributed by atoms with Gasteiger partial charge in [0.15, 0.2) is 0 Å². The second kappa shape index (κ2) is 9.87. The van der Waals surface area contributed by atoms with Gasteiger partial charge in [0.1, 0.15) is 17.3 Å². The van der Waals surface area contributed by atoms with E-state index in [1.807, 2.05) is 42.5 Å². The molecule has 0 aromatic heterocycles. The van der Waals surface area contributed by atoms with E-state index in [2.05, 4.69) is 10.4 Å². The highest BCUT2D eigenvalue weighted by Crippen LogP contribution is 2.24. The molecule has 3 aromatic carbocycles. The van der Waals surface area contributed by atoms with E-state index < -0.39 is 0 Å². The molecule has 0 atom stereocenters. The molecule has 3 aromatic rings. The summed E-state index contributed by atoms with van der Waals surface area (Å²) in [6.45, 7) is 0.583. The third-order valence-electron chi connectivity index (χ3n) is 5.88. The summed E-state index contributed by atoms with van der Waals surface area (Å²) >= 11 is 0. The van der Waals surface area contributed by atoms with E-state index in [0.29, 0.717) is 29.2 Å². The first-order valence-electron chi connectivity index (χ1n) is 11.4. The van der Waals surface area contributed by atoms with Gasteiger partial charge in [-0.1, -0.05) is 48.5 Å². The van der Waals surface area contributed by atoms with E-state index in [4.69, 9.17) is 4.74 Å². The molecule has 0 aliphatic carbocycles. The molecule has 1 amide bonds. The number of carbonyl (C=O) groups excluding carboxylic acids is 1. The van der Waals surface area contributed by atoms with Gasteiger partial charge < -0.3 is 14.6 Å². The van der Waals surface area contributed by atoms with E-state index in [-0.39, 0.29) is 29.4 Å². The normalized spacial score (nSPS) is 10.9. The Morgan fingerprint density at radius 3 is 2.44 bits per heavy atom. The fourth-order valence-corrected chi connectivity index (χ4v) is 4.08. The SMILES string of the molecule is COc1ccccc1CNC(=O)c1cn(Cc2ccc(F)cc2)cc2c(=O)n(-c3ccccc3)nc1-2. The molecule has 7 nitrogen and oxygen atoms in total. The number of fused-ring (bicyclic) bond motifs is 1. The third-order valence-corrected chi connectivity index (χ3v) is 5.88. The van der Waals surface area contributed by atoms with Crippen LogP contribution in [0.2, 0.25) is 0 Å². The highest BCUT2D eigenvalue weighted by Gasteiger charge is 2.24. The average Bonchev–Trinajstić information content (AvgIpc) is 3.25. The maximum absolute atomic E-state index is 13.4. The Morgan fingerprint density at radius 1 is 0.972 bits per heavy atom. The van der Waals surface area contributed by atoms with Crippen LogP contribution in [0, 0.1) is 5.82 Å². The molecule has 1 N–H and O–H groups in total. The first-order valence-corrected chi connectivity index (χ1v) is 11.4. The fraction of sp³-hybridized carbons (Fsp3) is 0.107. The van der Waals surface area contributed by atoms with Gasteiger partial charge in [0.25, 0.3) is 11.5 Å².